The number of likely N-dealkylation sites (tertiary alicyclic amines) is 1. The van der Waals surface area contributed by atoms with E-state index in [0.717, 1.165) is 5.56 Å². The van der Waals surface area contributed by atoms with Crippen LogP contribution in [0.4, 0.5) is 13.2 Å². The number of hydrogen-bond acceptors (Lipinski definition) is 4. The summed E-state index contributed by atoms with van der Waals surface area (Å²) in [6.45, 7) is 4.14. The lowest BCUT2D eigenvalue weighted by Crippen LogP contribution is -2.56. The van der Waals surface area contributed by atoms with Gasteiger partial charge in [-0.05, 0) is 62.7 Å². The van der Waals surface area contributed by atoms with Gasteiger partial charge in [0.05, 0.1) is 12.1 Å². The number of aromatic nitrogens is 1. The third-order valence-electron chi connectivity index (χ3n) is 7.00. The molecule has 0 unspecified atom stereocenters. The van der Waals surface area contributed by atoms with Crippen LogP contribution in [-0.4, -0.2) is 65.3 Å². The predicted octanol–water partition coefficient (Wildman–Crippen LogP) is 3.65. The first-order valence-electron chi connectivity index (χ1n) is 11.3. The van der Waals surface area contributed by atoms with Crippen molar-refractivity contribution in [1.29, 1.82) is 0 Å². The first-order chi connectivity index (χ1) is 15.7. The highest BCUT2D eigenvalue weighted by Gasteiger charge is 2.47. The number of aliphatic hydroxyl groups excluding tert-OH is 1. The number of aryl methyl sites for hydroxylation is 1. The topological polar surface area (TPSA) is 57.9 Å². The number of carbonyl (C=O) groups excluding carboxylic acids is 1. The molecule has 0 saturated carbocycles. The average molecular weight is 466 g/mol. The van der Waals surface area contributed by atoms with E-state index in [1.54, 1.807) is 29.2 Å². The summed E-state index contributed by atoms with van der Waals surface area (Å²) in [5.41, 5.74) is 1.00. The van der Waals surface area contributed by atoms with Gasteiger partial charge >= 0.3 is 6.18 Å². The number of aliphatic hydroxyl groups is 1. The lowest BCUT2D eigenvalue weighted by atomic mass is 9.81. The first-order valence-corrected chi connectivity index (χ1v) is 11.3. The van der Waals surface area contributed by atoms with E-state index in [-0.39, 0.29) is 12.5 Å². The Labute approximate surface area is 191 Å². The van der Waals surface area contributed by atoms with Crippen LogP contribution in [0.2, 0.25) is 0 Å². The van der Waals surface area contributed by atoms with Crippen LogP contribution in [0.25, 0.3) is 0 Å². The fourth-order valence-electron chi connectivity index (χ4n) is 5.11. The number of fused-ring (bicyclic) bond motifs is 2. The molecule has 1 spiro atoms. The fourth-order valence-corrected chi connectivity index (χ4v) is 5.11. The third-order valence-corrected chi connectivity index (χ3v) is 7.00. The van der Waals surface area contributed by atoms with Gasteiger partial charge in [0, 0.05) is 50.5 Å². The Morgan fingerprint density at radius 2 is 1.85 bits per heavy atom. The monoisotopic (exact) mass is 465 g/mol. The summed E-state index contributed by atoms with van der Waals surface area (Å²) < 4.78 is 47.4. The Bertz CT molecular complexity index is 1010. The Hall–Kier alpha value is -2.52. The normalized spacial score (nSPS) is 18.4. The number of amides is 1. The van der Waals surface area contributed by atoms with E-state index in [1.165, 1.54) is 10.6 Å². The fraction of sp³-hybridized carbons (Fsp3) is 0.542. The molecule has 2 aliphatic heterocycles. The molecule has 2 aromatic rings. The number of benzene rings is 1. The van der Waals surface area contributed by atoms with Crippen LogP contribution in [0.5, 0.6) is 5.75 Å². The molecule has 0 atom stereocenters. The number of nitrogens with zero attached hydrogens (tertiary/aromatic N) is 3. The van der Waals surface area contributed by atoms with E-state index in [1.807, 2.05) is 14.0 Å². The van der Waals surface area contributed by atoms with Crippen LogP contribution in [0.15, 0.2) is 30.3 Å². The minimum absolute atomic E-state index is 0.0590. The average Bonchev–Trinajstić information content (AvgIpc) is 3.23. The van der Waals surface area contributed by atoms with Gasteiger partial charge in [-0.15, -0.1) is 0 Å². The number of rotatable bonds is 5. The predicted molar refractivity (Wildman–Crippen MR) is 117 cm³/mol. The molecular formula is C24H30F3N3O3. The van der Waals surface area contributed by atoms with Crippen LogP contribution in [0.3, 0.4) is 0 Å². The first kappa shape index (κ1) is 23.6. The maximum Gasteiger partial charge on any atom is 0.431 e. The molecule has 1 amide bonds. The lowest BCUT2D eigenvalue weighted by molar-refractivity contribution is -0.144. The number of likely N-dealkylation sites (N-methyl/N-ethyl adjacent to an activating group) is 1. The van der Waals surface area contributed by atoms with E-state index in [2.05, 4.69) is 4.90 Å². The summed E-state index contributed by atoms with van der Waals surface area (Å²) in [6.07, 6.45) is -2.68. The number of hydrogen-bond donors (Lipinski definition) is 1. The van der Waals surface area contributed by atoms with E-state index in [4.69, 9.17) is 9.84 Å². The van der Waals surface area contributed by atoms with E-state index in [9.17, 15) is 18.0 Å². The van der Waals surface area contributed by atoms with Gasteiger partial charge in [-0.2, -0.15) is 13.2 Å². The van der Waals surface area contributed by atoms with Gasteiger partial charge in [0.15, 0.2) is 0 Å². The van der Waals surface area contributed by atoms with E-state index >= 15 is 0 Å². The highest BCUT2D eigenvalue weighted by atomic mass is 19.4. The molecule has 0 bridgehead atoms. The lowest BCUT2D eigenvalue weighted by Gasteiger charge is -2.50. The maximum atomic E-state index is 13.5. The minimum atomic E-state index is -4.38. The number of halogens is 3. The zero-order chi connectivity index (χ0) is 23.8. The molecule has 6 nitrogen and oxygen atoms in total. The van der Waals surface area contributed by atoms with Crippen LogP contribution in [-0.2, 0) is 18.3 Å². The number of carbonyl (C=O) groups is 1. The summed E-state index contributed by atoms with van der Waals surface area (Å²) in [6, 6.07) is 8.09. The summed E-state index contributed by atoms with van der Waals surface area (Å²) >= 11 is 0. The maximum absolute atomic E-state index is 13.5. The van der Waals surface area contributed by atoms with Crippen LogP contribution in [0, 0.1) is 6.92 Å². The number of ether oxygens (including phenoxy) is 1. The van der Waals surface area contributed by atoms with Gasteiger partial charge in [-0.1, -0.05) is 0 Å². The van der Waals surface area contributed by atoms with Crippen molar-refractivity contribution in [3.8, 4) is 5.75 Å². The molecule has 4 rings (SSSR count). The molecule has 1 aromatic heterocycles. The summed E-state index contributed by atoms with van der Waals surface area (Å²) in [4.78, 5) is 17.1. The second-order valence-electron chi connectivity index (χ2n) is 8.90. The second kappa shape index (κ2) is 9.02. The molecule has 0 radical (unpaired) electrons. The highest BCUT2D eigenvalue weighted by Crippen LogP contribution is 2.44. The third kappa shape index (κ3) is 4.36. The molecule has 9 heteroatoms. The van der Waals surface area contributed by atoms with Gasteiger partial charge in [0.25, 0.3) is 5.91 Å². The SMILES string of the molecule is Cc1cc(C(=O)N2CCC3(CC2)c2ccc(C(F)(F)F)n2CCN3C)ccc1OCCCO. The minimum Gasteiger partial charge on any atom is -0.493 e. The Kier molecular flexibility index (Phi) is 6.46. The zero-order valence-electron chi connectivity index (χ0n) is 19.0. The smallest absolute Gasteiger partial charge is 0.431 e. The molecule has 1 N–H and O–H groups in total. The van der Waals surface area contributed by atoms with Crippen molar-refractivity contribution in [2.24, 2.45) is 0 Å². The number of alkyl halides is 3. The van der Waals surface area contributed by atoms with Crippen LogP contribution in [0.1, 0.15) is 46.6 Å². The van der Waals surface area contributed by atoms with E-state index in [0.29, 0.717) is 69.1 Å². The van der Waals surface area contributed by atoms with Gasteiger partial charge in [-0.25, -0.2) is 0 Å². The Morgan fingerprint density at radius 3 is 2.48 bits per heavy atom. The van der Waals surface area contributed by atoms with Crippen molar-refractivity contribution in [1.82, 2.24) is 14.4 Å². The van der Waals surface area contributed by atoms with Crippen molar-refractivity contribution < 1.29 is 27.8 Å². The molecule has 33 heavy (non-hydrogen) atoms. The Balaban J connectivity index is 1.49. The molecule has 180 valence electrons. The summed E-state index contributed by atoms with van der Waals surface area (Å²) in [5, 5.41) is 8.89. The molecule has 2 aliphatic rings. The number of piperidine rings is 1. The molecule has 1 saturated heterocycles. The van der Waals surface area contributed by atoms with Gasteiger partial charge in [-0.3, -0.25) is 9.69 Å². The highest BCUT2D eigenvalue weighted by molar-refractivity contribution is 5.94. The Morgan fingerprint density at radius 1 is 1.12 bits per heavy atom. The molecule has 1 aromatic carbocycles. The second-order valence-corrected chi connectivity index (χ2v) is 8.90. The van der Waals surface area contributed by atoms with Gasteiger partial charge < -0.3 is 19.3 Å². The van der Waals surface area contributed by atoms with Crippen molar-refractivity contribution >= 4 is 5.91 Å². The molecule has 0 aliphatic carbocycles. The molecule has 3 heterocycles. The summed E-state index contributed by atoms with van der Waals surface area (Å²) in [7, 11) is 1.96. The van der Waals surface area contributed by atoms with Crippen LogP contribution >= 0.6 is 0 Å². The van der Waals surface area contributed by atoms with Crippen molar-refractivity contribution in [2.45, 2.75) is 44.4 Å². The largest absolute Gasteiger partial charge is 0.493 e. The zero-order valence-corrected chi connectivity index (χ0v) is 19.0. The van der Waals surface area contributed by atoms with Crippen LogP contribution < -0.4 is 4.74 Å². The summed E-state index contributed by atoms with van der Waals surface area (Å²) in [5.74, 6) is 0.599. The quantitative estimate of drug-likeness (QED) is 0.685. The van der Waals surface area contributed by atoms with Crippen molar-refractivity contribution in [3.05, 3.63) is 52.8 Å². The van der Waals surface area contributed by atoms with Crippen molar-refractivity contribution in [3.63, 3.8) is 0 Å². The van der Waals surface area contributed by atoms with Gasteiger partial charge in [0.2, 0.25) is 0 Å². The molecular weight excluding hydrogens is 435 g/mol. The molecule has 1 fully saturated rings. The van der Waals surface area contributed by atoms with E-state index < -0.39 is 17.4 Å². The van der Waals surface area contributed by atoms with Gasteiger partial charge in [0.1, 0.15) is 11.4 Å². The van der Waals surface area contributed by atoms with Crippen molar-refractivity contribution in [2.75, 3.05) is 39.9 Å². The standard InChI is InChI=1S/C24H30F3N3O3/c1-17-16-18(4-5-19(17)33-15-3-14-31)22(32)29-10-8-23(9-11-29)20-6-7-21(24(25,26)27)30(20)13-12-28(23)2/h4-7,16,31H,3,8-15H2,1-2H3.